The fraction of sp³-hybridized carbons (Fsp3) is 0.321. The number of hydrogen-bond acceptors (Lipinski definition) is 5. The van der Waals surface area contributed by atoms with Crippen molar-refractivity contribution >= 4 is 39.9 Å². The highest BCUT2D eigenvalue weighted by Gasteiger charge is 2.36. The van der Waals surface area contributed by atoms with Gasteiger partial charge in [0, 0.05) is 28.2 Å². The summed E-state index contributed by atoms with van der Waals surface area (Å²) in [6, 6.07) is 15.9. The number of nitrogens with one attached hydrogen (secondary N) is 2. The van der Waals surface area contributed by atoms with Crippen molar-refractivity contribution in [2.24, 2.45) is 0 Å². The van der Waals surface area contributed by atoms with Gasteiger partial charge in [-0.25, -0.2) is 4.39 Å². The zero-order valence-electron chi connectivity index (χ0n) is 20.8. The lowest BCUT2D eigenvalue weighted by atomic mass is 9.95. The molecule has 0 unspecified atom stereocenters. The molecule has 1 saturated carbocycles. The summed E-state index contributed by atoms with van der Waals surface area (Å²) >= 11 is 0. The minimum Gasteiger partial charge on any atom is -0.467 e. The first-order valence-corrected chi connectivity index (χ1v) is 14.0. The van der Waals surface area contributed by atoms with Gasteiger partial charge in [-0.05, 0) is 61.4 Å². The van der Waals surface area contributed by atoms with Crippen LogP contribution in [0.25, 0.3) is 0 Å². The van der Waals surface area contributed by atoms with E-state index >= 15 is 0 Å². The second kappa shape index (κ2) is 13.1. The van der Waals surface area contributed by atoms with Crippen LogP contribution in [0.5, 0.6) is 0 Å². The Kier molecular flexibility index (Phi) is 9.42. The third kappa shape index (κ3) is 7.38. The van der Waals surface area contributed by atoms with Crippen molar-refractivity contribution in [3.05, 3.63) is 84.6 Å². The van der Waals surface area contributed by atoms with Crippen LogP contribution in [0, 0.1) is 5.82 Å². The zero-order chi connectivity index (χ0) is 26.9. The maximum absolute atomic E-state index is 13.6. The average molecular weight is 540 g/mol. The van der Waals surface area contributed by atoms with Gasteiger partial charge in [0.1, 0.15) is 23.1 Å². The first-order chi connectivity index (χ1) is 18.4. The van der Waals surface area contributed by atoms with Gasteiger partial charge in [-0.2, -0.15) is 0 Å². The molecule has 1 aliphatic carbocycles. The predicted octanol–water partition coefficient (Wildman–Crippen LogP) is 4.33. The Balaban J connectivity index is 1.52. The van der Waals surface area contributed by atoms with Crippen LogP contribution in [0.15, 0.2) is 77.4 Å². The molecule has 8 nitrogen and oxygen atoms in total. The summed E-state index contributed by atoms with van der Waals surface area (Å²) < 4.78 is 31.6. The van der Waals surface area contributed by atoms with E-state index in [-0.39, 0.29) is 17.7 Å². The Morgan fingerprint density at radius 2 is 1.66 bits per heavy atom. The average Bonchev–Trinajstić information content (AvgIpc) is 3.43. The molecule has 4 rings (SSSR count). The fourth-order valence-corrected chi connectivity index (χ4v) is 5.39. The second-order valence-corrected chi connectivity index (χ2v) is 10.6. The van der Waals surface area contributed by atoms with Crippen LogP contribution in [0.3, 0.4) is 0 Å². The number of amides is 3. The number of rotatable bonds is 10. The minimum atomic E-state index is -1.88. The molecule has 10 heteroatoms. The molecule has 0 spiro atoms. The second-order valence-electron chi connectivity index (χ2n) is 9.14. The van der Waals surface area contributed by atoms with Gasteiger partial charge >= 0.3 is 0 Å². The lowest BCUT2D eigenvalue weighted by Gasteiger charge is -2.32. The van der Waals surface area contributed by atoms with Crippen molar-refractivity contribution in [2.45, 2.75) is 44.2 Å². The Hall–Kier alpha value is -3.79. The van der Waals surface area contributed by atoms with Crippen LogP contribution in [-0.4, -0.2) is 39.5 Å². The molecular formula is C28H30FN3O5S. The molecule has 3 amide bonds. The third-order valence-corrected chi connectivity index (χ3v) is 7.43. The Morgan fingerprint density at radius 1 is 0.947 bits per heavy atom. The van der Waals surface area contributed by atoms with Gasteiger partial charge < -0.3 is 15.1 Å². The van der Waals surface area contributed by atoms with E-state index in [0.717, 1.165) is 32.1 Å². The van der Waals surface area contributed by atoms with E-state index in [2.05, 4.69) is 10.6 Å². The lowest BCUT2D eigenvalue weighted by Crippen LogP contribution is -2.48. The van der Waals surface area contributed by atoms with E-state index in [0.29, 0.717) is 11.4 Å². The van der Waals surface area contributed by atoms with Crippen LogP contribution in [0.4, 0.5) is 15.8 Å². The summed E-state index contributed by atoms with van der Waals surface area (Å²) in [6.45, 7) is 0. The van der Waals surface area contributed by atoms with Crippen LogP contribution >= 0.6 is 0 Å². The number of para-hydroxylation sites is 1. The highest BCUT2D eigenvalue weighted by Crippen LogP contribution is 2.29. The van der Waals surface area contributed by atoms with Gasteiger partial charge in [-0.1, -0.05) is 37.5 Å². The van der Waals surface area contributed by atoms with Crippen molar-refractivity contribution in [1.82, 2.24) is 5.32 Å². The number of anilines is 2. The smallest absolute Gasteiger partial charge is 0.251 e. The summed E-state index contributed by atoms with van der Waals surface area (Å²) in [5, 5.41) is 5.61. The molecule has 0 saturated heterocycles. The van der Waals surface area contributed by atoms with Gasteiger partial charge in [0.15, 0.2) is 6.04 Å². The molecule has 1 fully saturated rings. The number of carbonyl (C=O) groups is 3. The molecule has 1 aliphatic rings. The van der Waals surface area contributed by atoms with Crippen LogP contribution < -0.4 is 15.5 Å². The van der Waals surface area contributed by atoms with Gasteiger partial charge in [0.25, 0.3) is 5.91 Å². The number of furan rings is 1. The Bertz CT molecular complexity index is 1250. The summed E-state index contributed by atoms with van der Waals surface area (Å²) in [4.78, 5) is 40.9. The summed E-state index contributed by atoms with van der Waals surface area (Å²) in [6.07, 6.45) is 6.34. The van der Waals surface area contributed by atoms with Crippen LogP contribution in [0.2, 0.25) is 0 Å². The van der Waals surface area contributed by atoms with E-state index in [1.807, 2.05) is 0 Å². The molecule has 3 aromatic rings. The monoisotopic (exact) mass is 539 g/mol. The molecule has 38 heavy (non-hydrogen) atoms. The molecule has 0 aliphatic heterocycles. The molecule has 1 aromatic heterocycles. The Morgan fingerprint density at radius 3 is 2.32 bits per heavy atom. The van der Waals surface area contributed by atoms with E-state index in [4.69, 9.17) is 4.42 Å². The zero-order valence-corrected chi connectivity index (χ0v) is 21.6. The van der Waals surface area contributed by atoms with E-state index in [9.17, 15) is 23.0 Å². The third-order valence-electron chi connectivity index (χ3n) is 6.28. The maximum atomic E-state index is 13.6. The van der Waals surface area contributed by atoms with Gasteiger partial charge in [0.05, 0.1) is 6.26 Å². The van der Waals surface area contributed by atoms with Crippen molar-refractivity contribution in [2.75, 3.05) is 21.7 Å². The SMILES string of the molecule is O=C(C[S@@](=O)CC(=O)N(c1ccccc1)[C@H](C(=O)NC1CCCCC1)c1ccco1)Nc1ccc(F)cc1. The van der Waals surface area contributed by atoms with E-state index in [1.165, 1.54) is 35.4 Å². The number of halogens is 1. The lowest BCUT2D eigenvalue weighted by molar-refractivity contribution is -0.127. The van der Waals surface area contributed by atoms with E-state index in [1.54, 1.807) is 42.5 Å². The topological polar surface area (TPSA) is 109 Å². The normalized spacial score (nSPS) is 15.3. The molecule has 0 radical (unpaired) electrons. The Labute approximate surface area is 223 Å². The summed E-state index contributed by atoms with van der Waals surface area (Å²) in [7, 11) is -1.88. The van der Waals surface area contributed by atoms with Crippen molar-refractivity contribution < 1.29 is 27.4 Å². The van der Waals surface area contributed by atoms with Crippen LogP contribution in [0.1, 0.15) is 43.9 Å². The van der Waals surface area contributed by atoms with Crippen LogP contribution in [-0.2, 0) is 25.2 Å². The largest absolute Gasteiger partial charge is 0.467 e. The molecule has 1 heterocycles. The molecular weight excluding hydrogens is 509 g/mol. The highest BCUT2D eigenvalue weighted by atomic mass is 32.2. The molecule has 200 valence electrons. The standard InChI is InChI=1S/C28H30FN3O5S/c29-20-13-15-22(16-14-20)30-25(33)18-38(36)19-26(34)32(23-10-5-2-6-11-23)27(24-12-7-17-37-24)28(35)31-21-8-3-1-4-9-21/h2,5-7,10-17,21,27H,1,3-4,8-9,18-19H2,(H,30,33)(H,31,35)/t27-,38+/m0/s1. The first kappa shape index (κ1) is 27.3. The number of nitrogens with zero attached hydrogens (tertiary/aromatic N) is 1. The van der Waals surface area contributed by atoms with Gasteiger partial charge in [-0.3, -0.25) is 23.5 Å². The van der Waals surface area contributed by atoms with Gasteiger partial charge in [-0.15, -0.1) is 0 Å². The minimum absolute atomic E-state index is 0.00530. The summed E-state index contributed by atoms with van der Waals surface area (Å²) in [5.41, 5.74) is 0.786. The van der Waals surface area contributed by atoms with Crippen molar-refractivity contribution in [3.8, 4) is 0 Å². The maximum Gasteiger partial charge on any atom is 0.251 e. The number of hydrogen-bond donors (Lipinski definition) is 2. The molecule has 0 bridgehead atoms. The first-order valence-electron chi connectivity index (χ1n) is 12.5. The molecule has 2 N–H and O–H groups in total. The fourth-order valence-electron chi connectivity index (χ4n) is 4.51. The number of benzene rings is 2. The summed E-state index contributed by atoms with van der Waals surface area (Å²) in [5.74, 6) is -2.66. The molecule has 2 aromatic carbocycles. The van der Waals surface area contributed by atoms with Crippen molar-refractivity contribution in [1.29, 1.82) is 0 Å². The van der Waals surface area contributed by atoms with Crippen molar-refractivity contribution in [3.63, 3.8) is 0 Å². The molecule has 2 atom stereocenters. The quantitative estimate of drug-likeness (QED) is 0.399. The highest BCUT2D eigenvalue weighted by molar-refractivity contribution is 7.86. The van der Waals surface area contributed by atoms with Gasteiger partial charge in [0.2, 0.25) is 11.8 Å². The number of carbonyl (C=O) groups excluding carboxylic acids is 3. The predicted molar refractivity (Wildman–Crippen MR) is 143 cm³/mol. The van der Waals surface area contributed by atoms with E-state index < -0.39 is 46.0 Å².